The number of rotatable bonds is 7. The highest BCUT2D eigenvalue weighted by Crippen LogP contribution is 2.37. The van der Waals surface area contributed by atoms with Gasteiger partial charge >= 0.3 is 5.97 Å². The van der Waals surface area contributed by atoms with Crippen LogP contribution in [0.5, 0.6) is 5.75 Å². The van der Waals surface area contributed by atoms with Crippen molar-refractivity contribution in [3.63, 3.8) is 0 Å². The van der Waals surface area contributed by atoms with Gasteiger partial charge in [-0.3, -0.25) is 0 Å². The second-order valence-electron chi connectivity index (χ2n) is 6.23. The molecule has 0 radical (unpaired) electrons. The number of halogens is 2. The van der Waals surface area contributed by atoms with E-state index >= 15 is 0 Å². The highest BCUT2D eigenvalue weighted by atomic mass is 35.5. The molecule has 0 aliphatic heterocycles. The molecule has 1 N–H and O–H groups in total. The molecule has 9 heteroatoms. The quantitative estimate of drug-likeness (QED) is 0.662. The smallest absolute Gasteiger partial charge is 0.337 e. The van der Waals surface area contributed by atoms with E-state index in [1.807, 2.05) is 13.8 Å². The molecular weight excluding hydrogens is 425 g/mol. The van der Waals surface area contributed by atoms with Crippen LogP contribution in [0.1, 0.15) is 40.9 Å². The Kier molecular flexibility index (Phi) is 6.98. The van der Waals surface area contributed by atoms with Crippen LogP contribution in [0, 0.1) is 6.92 Å². The molecular formula is C19H21Cl2NO5S. The first kappa shape index (κ1) is 22.5. The zero-order valence-corrected chi connectivity index (χ0v) is 18.2. The fourth-order valence-corrected chi connectivity index (χ4v) is 5.10. The molecule has 6 nitrogen and oxygen atoms in total. The van der Waals surface area contributed by atoms with E-state index in [1.165, 1.54) is 24.5 Å². The van der Waals surface area contributed by atoms with Crippen LogP contribution in [0.2, 0.25) is 10.0 Å². The summed E-state index contributed by atoms with van der Waals surface area (Å²) in [6.45, 7) is 3.72. The molecule has 1 atom stereocenters. The lowest BCUT2D eigenvalue weighted by molar-refractivity contribution is 0.0696. The van der Waals surface area contributed by atoms with Crippen LogP contribution in [0.4, 0.5) is 0 Å². The van der Waals surface area contributed by atoms with Crippen molar-refractivity contribution < 1.29 is 23.1 Å². The number of carboxylic acid groups (broad SMARTS) is 1. The van der Waals surface area contributed by atoms with Crippen LogP contribution in [0.3, 0.4) is 0 Å². The monoisotopic (exact) mass is 445 g/mol. The summed E-state index contributed by atoms with van der Waals surface area (Å²) < 4.78 is 33.0. The van der Waals surface area contributed by atoms with Gasteiger partial charge in [-0.2, -0.15) is 4.31 Å². The van der Waals surface area contributed by atoms with Crippen LogP contribution in [0.25, 0.3) is 0 Å². The highest BCUT2D eigenvalue weighted by Gasteiger charge is 2.32. The number of carboxylic acids is 1. The molecule has 2 rings (SSSR count). The third-order valence-electron chi connectivity index (χ3n) is 4.56. The van der Waals surface area contributed by atoms with Crippen molar-refractivity contribution in [3.8, 4) is 5.75 Å². The number of methoxy groups -OCH3 is 1. The van der Waals surface area contributed by atoms with E-state index in [0.717, 1.165) is 17.2 Å². The summed E-state index contributed by atoms with van der Waals surface area (Å²) in [5.74, 6) is -1.35. The maximum absolute atomic E-state index is 13.3. The molecule has 2 aromatic rings. The van der Waals surface area contributed by atoms with Crippen molar-refractivity contribution in [1.82, 2.24) is 4.31 Å². The van der Waals surface area contributed by atoms with Crippen molar-refractivity contribution in [1.29, 1.82) is 0 Å². The van der Waals surface area contributed by atoms with E-state index in [1.54, 1.807) is 18.2 Å². The van der Waals surface area contributed by atoms with Gasteiger partial charge in [0.05, 0.1) is 17.7 Å². The van der Waals surface area contributed by atoms with Crippen molar-refractivity contribution in [2.24, 2.45) is 0 Å². The van der Waals surface area contributed by atoms with Gasteiger partial charge in [-0.15, -0.1) is 0 Å². The van der Waals surface area contributed by atoms with Crippen LogP contribution in [-0.4, -0.2) is 38.0 Å². The largest absolute Gasteiger partial charge is 0.495 e. The molecule has 28 heavy (non-hydrogen) atoms. The Labute approximate surface area is 174 Å². The Morgan fingerprint density at radius 1 is 1.25 bits per heavy atom. The number of ether oxygens (including phenoxy) is 1. The zero-order valence-electron chi connectivity index (χ0n) is 15.9. The standard InChI is InChI=1S/C19H21Cl2NO5S/c1-5-16(13-7-6-12(20)8-11(13)2)22(3)28(25,26)18-9-14(19(23)24)15(21)10-17(18)27-4/h6-10,16H,5H2,1-4H3,(H,23,24). The first-order valence-corrected chi connectivity index (χ1v) is 10.6. The number of nitrogens with zero attached hydrogens (tertiary/aromatic N) is 1. The maximum Gasteiger partial charge on any atom is 0.337 e. The summed E-state index contributed by atoms with van der Waals surface area (Å²) in [6.07, 6.45) is 0.500. The van der Waals surface area contributed by atoms with Gasteiger partial charge in [0.15, 0.2) is 0 Å². The molecule has 0 bridgehead atoms. The highest BCUT2D eigenvalue weighted by molar-refractivity contribution is 7.89. The topological polar surface area (TPSA) is 83.9 Å². The van der Waals surface area contributed by atoms with E-state index in [0.29, 0.717) is 11.4 Å². The van der Waals surface area contributed by atoms with Gasteiger partial charge < -0.3 is 9.84 Å². The summed E-state index contributed by atoms with van der Waals surface area (Å²) in [4.78, 5) is 11.2. The minimum absolute atomic E-state index is 0.0236. The molecule has 0 fully saturated rings. The van der Waals surface area contributed by atoms with Crippen LogP contribution >= 0.6 is 23.2 Å². The summed E-state index contributed by atoms with van der Waals surface area (Å²) in [5.41, 5.74) is 1.35. The van der Waals surface area contributed by atoms with Gasteiger partial charge in [0.25, 0.3) is 0 Å². The number of sulfonamides is 1. The normalized spacial score (nSPS) is 12.8. The molecule has 152 valence electrons. The van der Waals surface area contributed by atoms with Crippen molar-refractivity contribution in [2.75, 3.05) is 14.2 Å². The Morgan fingerprint density at radius 3 is 2.39 bits per heavy atom. The van der Waals surface area contributed by atoms with Crippen molar-refractivity contribution in [2.45, 2.75) is 31.2 Å². The average molecular weight is 446 g/mol. The summed E-state index contributed by atoms with van der Waals surface area (Å²) in [6, 6.07) is 7.01. The Balaban J connectivity index is 2.61. The van der Waals surface area contributed by atoms with Gasteiger partial charge in [-0.25, -0.2) is 13.2 Å². The first-order valence-electron chi connectivity index (χ1n) is 8.39. The summed E-state index contributed by atoms with van der Waals surface area (Å²) in [7, 11) is -1.34. The predicted octanol–water partition coefficient (Wildman–Crippen LogP) is 4.78. The molecule has 0 amide bonds. The van der Waals surface area contributed by atoms with Gasteiger partial charge in [-0.05, 0) is 42.7 Å². The first-order chi connectivity index (χ1) is 13.0. The minimum atomic E-state index is -4.09. The Morgan fingerprint density at radius 2 is 1.89 bits per heavy atom. The second-order valence-corrected chi connectivity index (χ2v) is 9.04. The van der Waals surface area contributed by atoms with Crippen LogP contribution in [0.15, 0.2) is 35.2 Å². The number of benzene rings is 2. The van der Waals surface area contributed by atoms with Crippen LogP contribution < -0.4 is 4.74 Å². The van der Waals surface area contributed by atoms with Gasteiger partial charge in [0.2, 0.25) is 10.0 Å². The average Bonchev–Trinajstić information content (AvgIpc) is 2.62. The zero-order chi connectivity index (χ0) is 21.2. The third-order valence-corrected chi connectivity index (χ3v) is 6.99. The van der Waals surface area contributed by atoms with Gasteiger partial charge in [0.1, 0.15) is 10.6 Å². The lowest BCUT2D eigenvalue weighted by Gasteiger charge is -2.29. The number of hydrogen-bond donors (Lipinski definition) is 1. The van der Waals surface area contributed by atoms with E-state index in [-0.39, 0.29) is 21.2 Å². The third kappa shape index (κ3) is 4.27. The Bertz CT molecular complexity index is 1010. The molecule has 0 aliphatic rings. The summed E-state index contributed by atoms with van der Waals surface area (Å²) >= 11 is 12.0. The molecule has 0 saturated carbocycles. The van der Waals surface area contributed by atoms with Crippen molar-refractivity contribution in [3.05, 3.63) is 57.1 Å². The van der Waals surface area contributed by atoms with Gasteiger partial charge in [0, 0.05) is 24.2 Å². The SMILES string of the molecule is CCC(c1ccc(Cl)cc1C)N(C)S(=O)(=O)c1cc(C(=O)O)c(Cl)cc1OC. The lowest BCUT2D eigenvalue weighted by Crippen LogP contribution is -2.32. The van der Waals surface area contributed by atoms with Crippen LogP contribution in [-0.2, 0) is 10.0 Å². The van der Waals surface area contributed by atoms with E-state index in [9.17, 15) is 18.3 Å². The molecule has 2 aromatic carbocycles. The molecule has 0 heterocycles. The fraction of sp³-hybridized carbons (Fsp3) is 0.316. The number of aromatic carboxylic acids is 1. The molecule has 0 aliphatic carbocycles. The van der Waals surface area contributed by atoms with E-state index in [2.05, 4.69) is 0 Å². The number of aryl methyl sites for hydroxylation is 1. The second kappa shape index (κ2) is 8.69. The number of carbonyl (C=O) groups is 1. The Hall–Kier alpha value is -1.80. The van der Waals surface area contributed by atoms with Crippen molar-refractivity contribution >= 4 is 39.2 Å². The molecule has 1 unspecified atom stereocenters. The molecule has 0 saturated heterocycles. The summed E-state index contributed by atoms with van der Waals surface area (Å²) in [5, 5.41) is 9.76. The maximum atomic E-state index is 13.3. The molecule has 0 spiro atoms. The minimum Gasteiger partial charge on any atom is -0.495 e. The lowest BCUT2D eigenvalue weighted by atomic mass is 10.00. The number of hydrogen-bond acceptors (Lipinski definition) is 4. The molecule has 0 aromatic heterocycles. The van der Waals surface area contributed by atoms with E-state index < -0.39 is 22.0 Å². The van der Waals surface area contributed by atoms with E-state index in [4.69, 9.17) is 27.9 Å². The fourth-order valence-electron chi connectivity index (χ4n) is 3.07. The van der Waals surface area contributed by atoms with Gasteiger partial charge in [-0.1, -0.05) is 36.2 Å². The predicted molar refractivity (Wildman–Crippen MR) is 109 cm³/mol.